The molecule has 100 valence electrons. The molecule has 4 heteroatoms. The van der Waals surface area contributed by atoms with Gasteiger partial charge in [0.15, 0.2) is 17.4 Å². The first kappa shape index (κ1) is 13.5. The van der Waals surface area contributed by atoms with Crippen LogP contribution in [0, 0.1) is 25.5 Å². The largest absolute Gasteiger partial charge is 0.451 e. The molecule has 0 spiro atoms. The number of aryl methyl sites for hydroxylation is 1. The molecule has 0 amide bonds. The fourth-order valence-corrected chi connectivity index (χ4v) is 1.77. The van der Waals surface area contributed by atoms with Crippen LogP contribution < -0.4 is 10.5 Å². The third kappa shape index (κ3) is 2.74. The van der Waals surface area contributed by atoms with Crippen molar-refractivity contribution in [1.82, 2.24) is 0 Å². The predicted molar refractivity (Wildman–Crippen MR) is 70.2 cm³/mol. The van der Waals surface area contributed by atoms with E-state index in [2.05, 4.69) is 0 Å². The number of rotatable bonds is 3. The van der Waals surface area contributed by atoms with Gasteiger partial charge in [0.25, 0.3) is 0 Å². The van der Waals surface area contributed by atoms with E-state index in [0.29, 0.717) is 11.3 Å². The van der Waals surface area contributed by atoms with Crippen molar-refractivity contribution in [2.24, 2.45) is 5.73 Å². The number of hydrogen-bond acceptors (Lipinski definition) is 2. The summed E-state index contributed by atoms with van der Waals surface area (Å²) in [6.07, 6.45) is 0. The molecule has 2 aromatic rings. The average molecular weight is 263 g/mol. The topological polar surface area (TPSA) is 35.2 Å². The van der Waals surface area contributed by atoms with Crippen molar-refractivity contribution in [1.29, 1.82) is 0 Å². The summed E-state index contributed by atoms with van der Waals surface area (Å²) in [5.74, 6) is -1.45. The van der Waals surface area contributed by atoms with E-state index >= 15 is 0 Å². The molecule has 2 N–H and O–H groups in total. The molecule has 2 nitrogen and oxygen atoms in total. The molecule has 0 bridgehead atoms. The van der Waals surface area contributed by atoms with E-state index in [9.17, 15) is 8.78 Å². The second-order valence-electron chi connectivity index (χ2n) is 4.39. The minimum absolute atomic E-state index is 0.0809. The summed E-state index contributed by atoms with van der Waals surface area (Å²) in [4.78, 5) is 0. The Bertz CT molecular complexity index is 588. The van der Waals surface area contributed by atoms with Gasteiger partial charge in [-0.2, -0.15) is 0 Å². The van der Waals surface area contributed by atoms with Crippen LogP contribution in [-0.2, 0) is 6.54 Å². The predicted octanol–water partition coefficient (Wildman–Crippen LogP) is 3.83. The Morgan fingerprint density at radius 2 is 1.74 bits per heavy atom. The van der Waals surface area contributed by atoms with Crippen LogP contribution in [-0.4, -0.2) is 0 Å². The van der Waals surface area contributed by atoms with E-state index in [4.69, 9.17) is 10.5 Å². The van der Waals surface area contributed by atoms with Crippen molar-refractivity contribution in [3.05, 3.63) is 58.7 Å². The van der Waals surface area contributed by atoms with Crippen LogP contribution >= 0.6 is 0 Å². The van der Waals surface area contributed by atoms with Crippen LogP contribution in [0.3, 0.4) is 0 Å². The molecule has 0 aliphatic carbocycles. The molecule has 2 aromatic carbocycles. The Labute approximate surface area is 110 Å². The lowest BCUT2D eigenvalue weighted by atomic mass is 10.1. The van der Waals surface area contributed by atoms with Gasteiger partial charge >= 0.3 is 0 Å². The molecule has 0 unspecified atom stereocenters. The third-order valence-corrected chi connectivity index (χ3v) is 3.06. The lowest BCUT2D eigenvalue weighted by Gasteiger charge is -2.12. The van der Waals surface area contributed by atoms with Crippen LogP contribution in [0.5, 0.6) is 11.5 Å². The third-order valence-electron chi connectivity index (χ3n) is 3.06. The zero-order chi connectivity index (χ0) is 14.0. The van der Waals surface area contributed by atoms with Crippen LogP contribution in [0.25, 0.3) is 0 Å². The van der Waals surface area contributed by atoms with Gasteiger partial charge in [-0.05, 0) is 48.7 Å². The molecule has 2 rings (SSSR count). The summed E-state index contributed by atoms with van der Waals surface area (Å²) in [6.45, 7) is 3.83. The van der Waals surface area contributed by atoms with Crippen LogP contribution in [0.1, 0.15) is 16.7 Å². The van der Waals surface area contributed by atoms with Gasteiger partial charge in [0.2, 0.25) is 0 Å². The smallest absolute Gasteiger partial charge is 0.198 e. The second-order valence-corrected chi connectivity index (χ2v) is 4.39. The highest BCUT2D eigenvalue weighted by Crippen LogP contribution is 2.31. The summed E-state index contributed by atoms with van der Waals surface area (Å²) in [6, 6.07) is 7.74. The summed E-state index contributed by atoms with van der Waals surface area (Å²) in [5.41, 5.74) is 7.60. The van der Waals surface area contributed by atoms with Crippen LogP contribution in [0.4, 0.5) is 8.78 Å². The molecule has 19 heavy (non-hydrogen) atoms. The van der Waals surface area contributed by atoms with Crippen molar-refractivity contribution in [3.8, 4) is 11.5 Å². The van der Waals surface area contributed by atoms with Gasteiger partial charge in [-0.25, -0.2) is 8.78 Å². The van der Waals surface area contributed by atoms with E-state index in [0.717, 1.165) is 11.1 Å². The first-order chi connectivity index (χ1) is 9.02. The Kier molecular flexibility index (Phi) is 3.81. The first-order valence-electron chi connectivity index (χ1n) is 5.95. The van der Waals surface area contributed by atoms with Gasteiger partial charge in [-0.3, -0.25) is 0 Å². The van der Waals surface area contributed by atoms with Gasteiger partial charge < -0.3 is 10.5 Å². The first-order valence-corrected chi connectivity index (χ1v) is 5.95. The maximum atomic E-state index is 13.8. The average Bonchev–Trinajstić information content (AvgIpc) is 2.38. The highest BCUT2D eigenvalue weighted by atomic mass is 19.1. The molecule has 0 saturated carbocycles. The Morgan fingerprint density at radius 3 is 2.32 bits per heavy atom. The van der Waals surface area contributed by atoms with E-state index in [1.807, 2.05) is 19.9 Å². The molecular weight excluding hydrogens is 248 g/mol. The van der Waals surface area contributed by atoms with Crippen molar-refractivity contribution in [3.63, 3.8) is 0 Å². The number of benzene rings is 2. The standard InChI is InChI=1S/C15H15F2NO/c1-9-4-3-5-14(10(9)2)19-15-12(16)6-11(8-18)7-13(15)17/h3-7H,8,18H2,1-2H3. The summed E-state index contributed by atoms with van der Waals surface area (Å²) in [7, 11) is 0. The van der Waals surface area contributed by atoms with Crippen molar-refractivity contribution in [2.75, 3.05) is 0 Å². The number of ether oxygens (including phenoxy) is 1. The lowest BCUT2D eigenvalue weighted by Crippen LogP contribution is -2.01. The second kappa shape index (κ2) is 5.36. The normalized spacial score (nSPS) is 10.6. The molecule has 0 aliphatic rings. The highest BCUT2D eigenvalue weighted by Gasteiger charge is 2.14. The minimum Gasteiger partial charge on any atom is -0.451 e. The molecule has 0 aliphatic heterocycles. The van der Waals surface area contributed by atoms with Gasteiger partial charge in [0.05, 0.1) is 0 Å². The van der Waals surface area contributed by atoms with E-state index in [1.165, 1.54) is 12.1 Å². The van der Waals surface area contributed by atoms with Gasteiger partial charge in [0, 0.05) is 6.54 Å². The lowest BCUT2D eigenvalue weighted by molar-refractivity contribution is 0.404. The Balaban J connectivity index is 2.41. The SMILES string of the molecule is Cc1cccc(Oc2c(F)cc(CN)cc2F)c1C. The number of nitrogens with two attached hydrogens (primary N) is 1. The fourth-order valence-electron chi connectivity index (χ4n) is 1.77. The summed E-state index contributed by atoms with van der Waals surface area (Å²) < 4.78 is 33.0. The van der Waals surface area contributed by atoms with Gasteiger partial charge in [0.1, 0.15) is 5.75 Å². The zero-order valence-electron chi connectivity index (χ0n) is 10.8. The van der Waals surface area contributed by atoms with Gasteiger partial charge in [-0.1, -0.05) is 12.1 Å². The zero-order valence-corrected chi connectivity index (χ0v) is 10.8. The van der Waals surface area contributed by atoms with Crippen LogP contribution in [0.2, 0.25) is 0 Å². The van der Waals surface area contributed by atoms with Crippen molar-refractivity contribution in [2.45, 2.75) is 20.4 Å². The summed E-state index contributed by atoms with van der Waals surface area (Å²) >= 11 is 0. The van der Waals surface area contributed by atoms with Gasteiger partial charge in [-0.15, -0.1) is 0 Å². The van der Waals surface area contributed by atoms with Crippen molar-refractivity contribution < 1.29 is 13.5 Å². The van der Waals surface area contributed by atoms with E-state index in [1.54, 1.807) is 12.1 Å². The maximum Gasteiger partial charge on any atom is 0.198 e. The molecule has 0 saturated heterocycles. The Hall–Kier alpha value is -1.94. The summed E-state index contributed by atoms with van der Waals surface area (Å²) in [5, 5.41) is 0. The number of hydrogen-bond donors (Lipinski definition) is 1. The molecule has 0 aromatic heterocycles. The Morgan fingerprint density at radius 1 is 1.11 bits per heavy atom. The molecule has 0 heterocycles. The van der Waals surface area contributed by atoms with Crippen molar-refractivity contribution >= 4 is 0 Å². The van der Waals surface area contributed by atoms with Crippen LogP contribution in [0.15, 0.2) is 30.3 Å². The molecular formula is C15H15F2NO. The van der Waals surface area contributed by atoms with E-state index in [-0.39, 0.29) is 6.54 Å². The van der Waals surface area contributed by atoms with E-state index < -0.39 is 17.4 Å². The monoisotopic (exact) mass is 263 g/mol. The maximum absolute atomic E-state index is 13.8. The highest BCUT2D eigenvalue weighted by molar-refractivity contribution is 5.42. The minimum atomic E-state index is -0.749. The fraction of sp³-hybridized carbons (Fsp3) is 0.200. The molecule has 0 radical (unpaired) electrons. The number of halogens is 2. The molecule has 0 fully saturated rings. The molecule has 0 atom stereocenters. The quantitative estimate of drug-likeness (QED) is 0.913.